The number of aliphatic hydroxyl groups excluding tert-OH is 6. The molecule has 2 aliphatic rings. The van der Waals surface area contributed by atoms with Gasteiger partial charge in [-0.25, -0.2) is 0 Å². The fourth-order valence-electron chi connectivity index (χ4n) is 2.65. The molecule has 11 nitrogen and oxygen atoms in total. The van der Waals surface area contributed by atoms with Gasteiger partial charge in [0.05, 0.1) is 25.3 Å². The Balaban J connectivity index is 2.11. The molecular formula is C12H24N2O9. The number of ether oxygens (including phenoxy) is 3. The summed E-state index contributed by atoms with van der Waals surface area (Å²) in [6, 6.07) is -2.37. The molecule has 0 aromatic rings. The summed E-state index contributed by atoms with van der Waals surface area (Å²) in [4.78, 5) is 0. The molecule has 2 fully saturated rings. The van der Waals surface area contributed by atoms with E-state index in [-0.39, 0.29) is 0 Å². The van der Waals surface area contributed by atoms with Crippen molar-refractivity contribution in [1.82, 2.24) is 0 Å². The van der Waals surface area contributed by atoms with Crippen molar-refractivity contribution in [2.24, 2.45) is 11.5 Å². The van der Waals surface area contributed by atoms with Gasteiger partial charge < -0.3 is 56.3 Å². The largest absolute Gasteiger partial charge is 0.394 e. The maximum absolute atomic E-state index is 10.1. The molecule has 0 bridgehead atoms. The molecule has 11 heteroatoms. The monoisotopic (exact) mass is 340 g/mol. The topological polar surface area (TPSA) is 201 Å². The van der Waals surface area contributed by atoms with Crippen LogP contribution in [0, 0.1) is 0 Å². The fraction of sp³-hybridized carbons (Fsp3) is 1.00. The van der Waals surface area contributed by atoms with Gasteiger partial charge in [-0.3, -0.25) is 0 Å². The molecule has 8 unspecified atom stereocenters. The first-order valence-corrected chi connectivity index (χ1v) is 7.23. The Morgan fingerprint density at radius 1 is 0.783 bits per heavy atom. The Hall–Kier alpha value is -0.440. The third-order valence-corrected chi connectivity index (χ3v) is 4.14. The third kappa shape index (κ3) is 3.65. The van der Waals surface area contributed by atoms with Crippen molar-refractivity contribution in [2.75, 3.05) is 13.2 Å². The van der Waals surface area contributed by atoms with Crippen molar-refractivity contribution >= 4 is 0 Å². The second-order valence-electron chi connectivity index (χ2n) is 5.70. The van der Waals surface area contributed by atoms with Crippen molar-refractivity contribution in [3.8, 4) is 0 Å². The number of hydrogen-bond acceptors (Lipinski definition) is 11. The van der Waals surface area contributed by atoms with E-state index in [0.717, 1.165) is 0 Å². The minimum Gasteiger partial charge on any atom is -0.394 e. The van der Waals surface area contributed by atoms with E-state index < -0.39 is 74.5 Å². The summed E-state index contributed by atoms with van der Waals surface area (Å²) in [6.07, 6.45) is -10.5. The SMILES string of the molecule is NC1C(O)OC(CO)[C@@H](O[C@@H]2OC(CO)C(O)C(O)C2N)C1O. The molecule has 10 N–H and O–H groups in total. The number of rotatable bonds is 4. The van der Waals surface area contributed by atoms with E-state index in [1.807, 2.05) is 0 Å². The van der Waals surface area contributed by atoms with E-state index in [2.05, 4.69) is 0 Å². The van der Waals surface area contributed by atoms with Gasteiger partial charge in [0.15, 0.2) is 12.6 Å². The van der Waals surface area contributed by atoms with Gasteiger partial charge in [-0.05, 0) is 0 Å². The Labute approximate surface area is 132 Å². The molecule has 2 heterocycles. The molecule has 0 spiro atoms. The van der Waals surface area contributed by atoms with Gasteiger partial charge in [-0.2, -0.15) is 0 Å². The van der Waals surface area contributed by atoms with Crippen molar-refractivity contribution in [2.45, 2.75) is 61.3 Å². The van der Waals surface area contributed by atoms with Gasteiger partial charge in [0.25, 0.3) is 0 Å². The number of hydrogen-bond donors (Lipinski definition) is 8. The second-order valence-corrected chi connectivity index (χ2v) is 5.70. The van der Waals surface area contributed by atoms with Gasteiger partial charge in [0, 0.05) is 0 Å². The molecule has 10 atom stereocenters. The average molecular weight is 340 g/mol. The Morgan fingerprint density at radius 3 is 1.96 bits per heavy atom. The first-order chi connectivity index (χ1) is 10.8. The van der Waals surface area contributed by atoms with Gasteiger partial charge in [0.2, 0.25) is 0 Å². The predicted octanol–water partition coefficient (Wildman–Crippen LogP) is -5.46. The Bertz CT molecular complexity index is 386. The first kappa shape index (κ1) is 18.9. The van der Waals surface area contributed by atoms with Crippen molar-refractivity contribution in [3.63, 3.8) is 0 Å². The zero-order valence-corrected chi connectivity index (χ0v) is 12.3. The highest BCUT2D eigenvalue weighted by molar-refractivity contribution is 4.95. The van der Waals surface area contributed by atoms with Crippen LogP contribution in [0.15, 0.2) is 0 Å². The smallest absolute Gasteiger partial charge is 0.176 e. The molecule has 2 saturated heterocycles. The van der Waals surface area contributed by atoms with Gasteiger partial charge in [-0.15, -0.1) is 0 Å². The normalized spacial score (nSPS) is 51.7. The summed E-state index contributed by atoms with van der Waals surface area (Å²) in [5.74, 6) is 0. The summed E-state index contributed by atoms with van der Waals surface area (Å²) < 4.78 is 15.8. The van der Waals surface area contributed by atoms with Crippen LogP contribution >= 0.6 is 0 Å². The molecule has 136 valence electrons. The molecule has 2 rings (SSSR count). The maximum Gasteiger partial charge on any atom is 0.176 e. The number of nitrogens with two attached hydrogens (primary N) is 2. The van der Waals surface area contributed by atoms with Crippen LogP contribution in [0.3, 0.4) is 0 Å². The predicted molar refractivity (Wildman–Crippen MR) is 72.6 cm³/mol. The highest BCUT2D eigenvalue weighted by Gasteiger charge is 2.49. The molecular weight excluding hydrogens is 316 g/mol. The lowest BCUT2D eigenvalue weighted by Gasteiger charge is -2.45. The van der Waals surface area contributed by atoms with Crippen LogP contribution in [0.2, 0.25) is 0 Å². The first-order valence-electron chi connectivity index (χ1n) is 7.23. The molecule has 0 amide bonds. The van der Waals surface area contributed by atoms with Gasteiger partial charge >= 0.3 is 0 Å². The van der Waals surface area contributed by atoms with Crippen LogP contribution in [0.1, 0.15) is 0 Å². The van der Waals surface area contributed by atoms with E-state index in [0.29, 0.717) is 0 Å². The molecule has 2 aliphatic heterocycles. The lowest BCUT2D eigenvalue weighted by atomic mass is 9.95. The molecule has 0 saturated carbocycles. The summed E-state index contributed by atoms with van der Waals surface area (Å²) in [5.41, 5.74) is 11.3. The Morgan fingerprint density at radius 2 is 1.39 bits per heavy atom. The van der Waals surface area contributed by atoms with E-state index in [1.165, 1.54) is 0 Å². The second kappa shape index (κ2) is 7.63. The van der Waals surface area contributed by atoms with Crippen molar-refractivity contribution < 1.29 is 44.8 Å². The van der Waals surface area contributed by atoms with Crippen LogP contribution in [0.25, 0.3) is 0 Å². The summed E-state index contributed by atoms with van der Waals surface area (Å²) in [5, 5.41) is 57.7. The van der Waals surface area contributed by atoms with Crippen LogP contribution in [0.4, 0.5) is 0 Å². The van der Waals surface area contributed by atoms with Crippen LogP contribution in [-0.2, 0) is 14.2 Å². The van der Waals surface area contributed by atoms with Crippen molar-refractivity contribution in [3.05, 3.63) is 0 Å². The third-order valence-electron chi connectivity index (χ3n) is 4.14. The lowest BCUT2D eigenvalue weighted by molar-refractivity contribution is -0.324. The number of aliphatic hydroxyl groups is 6. The molecule has 0 radical (unpaired) electrons. The van der Waals surface area contributed by atoms with Crippen molar-refractivity contribution in [1.29, 1.82) is 0 Å². The molecule has 0 aromatic carbocycles. The highest BCUT2D eigenvalue weighted by atomic mass is 16.7. The standard InChI is InChI=1S/C12H24N2O9/c13-5-9(19)10(4(2-16)21-11(5)20)23-12-6(14)8(18)7(17)3(1-15)22-12/h3-12,15-20H,1-2,13-14H2/t3?,4?,5?,6?,7?,8?,9?,10-,11?,12+/m1/s1. The quantitative estimate of drug-likeness (QED) is 0.242. The van der Waals surface area contributed by atoms with E-state index in [4.69, 9.17) is 30.8 Å². The minimum absolute atomic E-state index is 0.581. The van der Waals surface area contributed by atoms with E-state index in [1.54, 1.807) is 0 Å². The van der Waals surface area contributed by atoms with Crippen LogP contribution < -0.4 is 11.5 Å². The minimum atomic E-state index is -1.49. The van der Waals surface area contributed by atoms with Crippen LogP contribution in [0.5, 0.6) is 0 Å². The average Bonchev–Trinajstić information content (AvgIpc) is 2.55. The molecule has 0 aliphatic carbocycles. The van der Waals surface area contributed by atoms with Gasteiger partial charge in [-0.1, -0.05) is 0 Å². The zero-order valence-electron chi connectivity index (χ0n) is 12.3. The molecule has 0 aromatic heterocycles. The maximum atomic E-state index is 10.1. The lowest BCUT2D eigenvalue weighted by Crippen LogP contribution is -2.67. The van der Waals surface area contributed by atoms with Gasteiger partial charge in [0.1, 0.15) is 36.6 Å². The summed E-state index contributed by atoms with van der Waals surface area (Å²) >= 11 is 0. The molecule has 23 heavy (non-hydrogen) atoms. The fourth-order valence-corrected chi connectivity index (χ4v) is 2.65. The van der Waals surface area contributed by atoms with Crippen LogP contribution in [-0.4, -0.2) is 105 Å². The van der Waals surface area contributed by atoms with E-state index >= 15 is 0 Å². The summed E-state index contributed by atoms with van der Waals surface area (Å²) in [6.45, 7) is -1.17. The van der Waals surface area contributed by atoms with E-state index in [9.17, 15) is 25.5 Å². The zero-order chi connectivity index (χ0) is 17.3. The summed E-state index contributed by atoms with van der Waals surface area (Å²) in [7, 11) is 0. The highest BCUT2D eigenvalue weighted by Crippen LogP contribution is 2.27. The Kier molecular flexibility index (Phi) is 6.27.